The molecule has 1 atom stereocenters. The Morgan fingerprint density at radius 1 is 1.53 bits per heavy atom. The van der Waals surface area contributed by atoms with Crippen LogP contribution in [0.4, 0.5) is 5.88 Å². The summed E-state index contributed by atoms with van der Waals surface area (Å²) < 4.78 is 5.12. The van der Waals surface area contributed by atoms with Crippen LogP contribution in [0.1, 0.15) is 17.5 Å². The summed E-state index contributed by atoms with van der Waals surface area (Å²) in [4.78, 5) is 23.7. The lowest BCUT2D eigenvalue weighted by Crippen LogP contribution is -2.34. The minimum absolute atomic E-state index is 0.0677. The number of carboxylic acid groups (broad SMARTS) is 1. The number of nitrogens with one attached hydrogen (secondary N) is 1. The first-order valence-electron chi connectivity index (χ1n) is 5.21. The summed E-state index contributed by atoms with van der Waals surface area (Å²) in [5, 5.41) is 11.3. The quantitative estimate of drug-likeness (QED) is 0.795. The molecule has 0 aliphatic rings. The highest BCUT2D eigenvalue weighted by Gasteiger charge is 2.17. The lowest BCUT2D eigenvalue weighted by molar-refractivity contribution is -0.123. The molecule has 0 saturated carbocycles. The van der Waals surface area contributed by atoms with Gasteiger partial charge in [-0.3, -0.25) is 4.79 Å². The number of carbonyl (C=O) groups is 2. The smallest absolute Gasteiger partial charge is 0.371 e. The Balaban J connectivity index is 2.66. The number of furan rings is 1. The number of anilines is 1. The van der Waals surface area contributed by atoms with Crippen LogP contribution in [-0.4, -0.2) is 37.6 Å². The van der Waals surface area contributed by atoms with E-state index in [1.165, 1.54) is 6.07 Å². The van der Waals surface area contributed by atoms with Gasteiger partial charge in [0.25, 0.3) is 0 Å². The molecule has 1 aromatic rings. The lowest BCUT2D eigenvalue weighted by Gasteiger charge is -2.19. The molecule has 0 saturated heterocycles. The minimum atomic E-state index is -1.11. The Hall–Kier alpha value is -1.98. The van der Waals surface area contributed by atoms with Gasteiger partial charge in [-0.15, -0.1) is 0 Å². The molecule has 0 aliphatic heterocycles. The van der Waals surface area contributed by atoms with Gasteiger partial charge in [0.15, 0.2) is 5.88 Å². The molecular formula is C11H16N2O4. The summed E-state index contributed by atoms with van der Waals surface area (Å²) in [6, 6.07) is 2.96. The molecule has 94 valence electrons. The molecule has 0 spiro atoms. The van der Waals surface area contributed by atoms with Gasteiger partial charge in [-0.05, 0) is 6.07 Å². The third-order valence-corrected chi connectivity index (χ3v) is 2.42. The van der Waals surface area contributed by atoms with Gasteiger partial charge < -0.3 is 19.7 Å². The van der Waals surface area contributed by atoms with Gasteiger partial charge in [0.05, 0.1) is 5.92 Å². The molecular weight excluding hydrogens is 224 g/mol. The fourth-order valence-corrected chi connectivity index (χ4v) is 1.48. The van der Waals surface area contributed by atoms with E-state index in [0.717, 1.165) is 0 Å². The van der Waals surface area contributed by atoms with E-state index in [1.54, 1.807) is 32.0 Å². The molecule has 1 aromatic heterocycles. The minimum Gasteiger partial charge on any atom is -0.475 e. The second-order valence-corrected chi connectivity index (χ2v) is 3.84. The van der Waals surface area contributed by atoms with Crippen LogP contribution in [0, 0.1) is 5.92 Å². The molecule has 6 nitrogen and oxygen atoms in total. The van der Waals surface area contributed by atoms with Crippen LogP contribution in [0.25, 0.3) is 0 Å². The van der Waals surface area contributed by atoms with Crippen LogP contribution in [0.5, 0.6) is 0 Å². The van der Waals surface area contributed by atoms with Crippen LogP contribution in [0.2, 0.25) is 0 Å². The number of carbonyl (C=O) groups excluding carboxylic acids is 1. The van der Waals surface area contributed by atoms with Crippen molar-refractivity contribution in [2.75, 3.05) is 25.5 Å². The Labute approximate surface area is 99.2 Å². The molecule has 1 unspecified atom stereocenters. The zero-order valence-corrected chi connectivity index (χ0v) is 10.1. The number of carboxylic acids is 1. The zero-order valence-electron chi connectivity index (χ0n) is 10.1. The van der Waals surface area contributed by atoms with E-state index in [1.807, 2.05) is 0 Å². The maximum absolute atomic E-state index is 11.3. The molecule has 0 bridgehead atoms. The fraction of sp³-hybridized carbons (Fsp3) is 0.455. The van der Waals surface area contributed by atoms with Crippen molar-refractivity contribution in [1.29, 1.82) is 0 Å². The van der Waals surface area contributed by atoms with E-state index in [2.05, 4.69) is 5.32 Å². The SMILES string of the molecule is CNC(=O)C(C)CN(C)c1ccc(C(=O)O)o1. The van der Waals surface area contributed by atoms with Gasteiger partial charge in [0, 0.05) is 26.7 Å². The predicted molar refractivity (Wildman–Crippen MR) is 62.2 cm³/mol. The molecule has 0 radical (unpaired) electrons. The van der Waals surface area contributed by atoms with Crippen LogP contribution in [0.15, 0.2) is 16.5 Å². The highest BCUT2D eigenvalue weighted by molar-refractivity contribution is 5.85. The monoisotopic (exact) mass is 240 g/mol. The van der Waals surface area contributed by atoms with E-state index in [0.29, 0.717) is 12.4 Å². The van der Waals surface area contributed by atoms with Gasteiger partial charge in [-0.1, -0.05) is 6.92 Å². The van der Waals surface area contributed by atoms with E-state index in [-0.39, 0.29) is 17.6 Å². The van der Waals surface area contributed by atoms with Crippen LogP contribution in [-0.2, 0) is 4.79 Å². The molecule has 1 amide bonds. The van der Waals surface area contributed by atoms with Crippen molar-refractivity contribution in [3.63, 3.8) is 0 Å². The van der Waals surface area contributed by atoms with Gasteiger partial charge >= 0.3 is 5.97 Å². The van der Waals surface area contributed by atoms with E-state index < -0.39 is 5.97 Å². The Morgan fingerprint density at radius 2 is 2.18 bits per heavy atom. The van der Waals surface area contributed by atoms with Crippen LogP contribution in [0.3, 0.4) is 0 Å². The maximum Gasteiger partial charge on any atom is 0.371 e. The highest BCUT2D eigenvalue weighted by atomic mass is 16.4. The molecule has 0 fully saturated rings. The topological polar surface area (TPSA) is 82.8 Å². The molecule has 0 aliphatic carbocycles. The predicted octanol–water partition coefficient (Wildman–Crippen LogP) is 0.796. The first-order chi connectivity index (χ1) is 7.95. The van der Waals surface area contributed by atoms with Crippen LogP contribution < -0.4 is 10.2 Å². The molecule has 1 heterocycles. The molecule has 17 heavy (non-hydrogen) atoms. The number of hydrogen-bond donors (Lipinski definition) is 2. The van der Waals surface area contributed by atoms with Gasteiger partial charge in [-0.25, -0.2) is 4.79 Å². The van der Waals surface area contributed by atoms with E-state index in [9.17, 15) is 9.59 Å². The van der Waals surface area contributed by atoms with Crippen molar-refractivity contribution in [1.82, 2.24) is 5.32 Å². The Bertz CT molecular complexity index is 413. The van der Waals surface area contributed by atoms with Crippen LogP contribution >= 0.6 is 0 Å². The normalized spacial score (nSPS) is 11.9. The number of hydrogen-bond acceptors (Lipinski definition) is 4. The summed E-state index contributed by atoms with van der Waals surface area (Å²) in [5.41, 5.74) is 0. The number of amides is 1. The first kappa shape index (κ1) is 13.1. The van der Waals surface area contributed by atoms with E-state index >= 15 is 0 Å². The summed E-state index contributed by atoms with van der Waals surface area (Å²) in [6.45, 7) is 2.24. The second-order valence-electron chi connectivity index (χ2n) is 3.84. The van der Waals surface area contributed by atoms with Crippen molar-refractivity contribution in [3.8, 4) is 0 Å². The molecule has 0 aromatic carbocycles. The van der Waals surface area contributed by atoms with E-state index in [4.69, 9.17) is 9.52 Å². The van der Waals surface area contributed by atoms with Crippen molar-refractivity contribution in [2.24, 2.45) is 5.92 Å². The van der Waals surface area contributed by atoms with Gasteiger partial charge in [0.2, 0.25) is 11.7 Å². The summed E-state index contributed by atoms with van der Waals surface area (Å²) in [7, 11) is 3.32. The highest BCUT2D eigenvalue weighted by Crippen LogP contribution is 2.18. The number of rotatable bonds is 5. The molecule has 1 rings (SSSR count). The van der Waals surface area contributed by atoms with Crippen molar-refractivity contribution < 1.29 is 19.1 Å². The van der Waals surface area contributed by atoms with Gasteiger partial charge in [-0.2, -0.15) is 0 Å². The van der Waals surface area contributed by atoms with Crippen molar-refractivity contribution in [2.45, 2.75) is 6.92 Å². The Morgan fingerprint density at radius 3 is 2.65 bits per heavy atom. The van der Waals surface area contributed by atoms with Gasteiger partial charge in [0.1, 0.15) is 0 Å². The summed E-state index contributed by atoms with van der Waals surface area (Å²) >= 11 is 0. The summed E-state index contributed by atoms with van der Waals surface area (Å²) in [5.74, 6) is -1.06. The average molecular weight is 240 g/mol. The van der Waals surface area contributed by atoms with Crippen molar-refractivity contribution >= 4 is 17.8 Å². The lowest BCUT2D eigenvalue weighted by atomic mass is 10.1. The first-order valence-corrected chi connectivity index (χ1v) is 5.21. The summed E-state index contributed by atoms with van der Waals surface area (Å²) in [6.07, 6.45) is 0. The average Bonchev–Trinajstić information content (AvgIpc) is 2.77. The van der Waals surface area contributed by atoms with Crippen molar-refractivity contribution in [3.05, 3.63) is 17.9 Å². The maximum atomic E-state index is 11.3. The number of aromatic carboxylic acids is 1. The molecule has 6 heteroatoms. The third-order valence-electron chi connectivity index (χ3n) is 2.42. The number of nitrogens with zero attached hydrogens (tertiary/aromatic N) is 1. The molecule has 2 N–H and O–H groups in total. The largest absolute Gasteiger partial charge is 0.475 e. The zero-order chi connectivity index (χ0) is 13.0. The Kier molecular flexibility index (Phi) is 4.14. The third kappa shape index (κ3) is 3.24. The second kappa shape index (κ2) is 5.38. The fourth-order valence-electron chi connectivity index (χ4n) is 1.48. The standard InChI is InChI=1S/C11H16N2O4/c1-7(10(14)12-2)6-13(3)9-5-4-8(17-9)11(15)16/h4-5,7H,6H2,1-3H3,(H,12,14)(H,15,16).